The average Bonchev–Trinajstić information content (AvgIpc) is 2.99. The Kier molecular flexibility index (Phi) is 11.5. The number of allylic oxidation sites excluding steroid dienone is 2. The number of carboxylic acid groups (broad SMARTS) is 1. The molecule has 0 spiro atoms. The Balaban J connectivity index is 0.000000224. The quantitative estimate of drug-likeness (QED) is 0.141. The van der Waals surface area contributed by atoms with Crippen molar-refractivity contribution in [3.8, 4) is 16.9 Å². The lowest BCUT2D eigenvalue weighted by Crippen LogP contribution is -2.15. The molecule has 0 aromatic heterocycles. The highest BCUT2D eigenvalue weighted by atomic mass is 16.6. The third kappa shape index (κ3) is 9.97. The van der Waals surface area contributed by atoms with Gasteiger partial charge in [0.05, 0.1) is 17.7 Å². The summed E-state index contributed by atoms with van der Waals surface area (Å²) in [4.78, 5) is 33.3. The summed E-state index contributed by atoms with van der Waals surface area (Å²) >= 11 is 0. The summed E-state index contributed by atoms with van der Waals surface area (Å²) in [5.74, 6) is -0.734. The topological polar surface area (TPSA) is 99.1 Å². The number of carbonyl (C=O) groups is 3. The van der Waals surface area contributed by atoms with Gasteiger partial charge < -0.3 is 19.3 Å². The minimum atomic E-state index is -0.989. The van der Waals surface area contributed by atoms with Crippen molar-refractivity contribution >= 4 is 17.9 Å². The van der Waals surface area contributed by atoms with Gasteiger partial charge in [-0.1, -0.05) is 61.2 Å². The molecule has 7 nitrogen and oxygen atoms in total. The van der Waals surface area contributed by atoms with E-state index in [0.29, 0.717) is 23.8 Å². The molecule has 0 bridgehead atoms. The van der Waals surface area contributed by atoms with Crippen molar-refractivity contribution in [2.45, 2.75) is 19.3 Å². The second-order valence-electron chi connectivity index (χ2n) is 8.74. The van der Waals surface area contributed by atoms with Crippen molar-refractivity contribution in [3.63, 3.8) is 0 Å². The molecular formula is C32H32O7. The molecule has 0 radical (unpaired) electrons. The first-order valence-corrected chi connectivity index (χ1v) is 12.7. The van der Waals surface area contributed by atoms with E-state index in [2.05, 4.69) is 30.9 Å². The molecule has 3 aromatic rings. The van der Waals surface area contributed by atoms with Crippen molar-refractivity contribution in [1.82, 2.24) is 0 Å². The number of esters is 2. The van der Waals surface area contributed by atoms with Crippen LogP contribution in [0.2, 0.25) is 0 Å². The Morgan fingerprint density at radius 2 is 1.49 bits per heavy atom. The Morgan fingerprint density at radius 3 is 2.10 bits per heavy atom. The van der Waals surface area contributed by atoms with E-state index in [4.69, 9.17) is 19.3 Å². The van der Waals surface area contributed by atoms with E-state index in [1.165, 1.54) is 12.1 Å². The molecule has 39 heavy (non-hydrogen) atoms. The molecule has 1 aliphatic rings. The fourth-order valence-corrected chi connectivity index (χ4v) is 3.77. The van der Waals surface area contributed by atoms with E-state index in [-0.39, 0.29) is 24.7 Å². The van der Waals surface area contributed by atoms with Crippen molar-refractivity contribution in [1.29, 1.82) is 0 Å². The van der Waals surface area contributed by atoms with E-state index >= 15 is 0 Å². The van der Waals surface area contributed by atoms with Gasteiger partial charge in [-0.2, -0.15) is 0 Å². The monoisotopic (exact) mass is 528 g/mol. The predicted octanol–water partition coefficient (Wildman–Crippen LogP) is 6.36. The zero-order valence-corrected chi connectivity index (χ0v) is 21.7. The normalized spacial score (nSPS) is 13.8. The minimum Gasteiger partial charge on any atom is -0.490 e. The average molecular weight is 529 g/mol. The molecule has 0 saturated carbocycles. The zero-order chi connectivity index (χ0) is 27.9. The van der Waals surface area contributed by atoms with Gasteiger partial charge in [-0.3, -0.25) is 0 Å². The maximum atomic E-state index is 12.1. The first-order valence-electron chi connectivity index (χ1n) is 12.7. The van der Waals surface area contributed by atoms with Gasteiger partial charge in [0.25, 0.3) is 0 Å². The van der Waals surface area contributed by atoms with Gasteiger partial charge in [-0.25, -0.2) is 14.4 Å². The van der Waals surface area contributed by atoms with Gasteiger partial charge in [0, 0.05) is 6.08 Å². The lowest BCUT2D eigenvalue weighted by molar-refractivity contribution is -0.138. The van der Waals surface area contributed by atoms with Crippen molar-refractivity contribution in [3.05, 3.63) is 115 Å². The molecule has 3 aromatic carbocycles. The molecule has 0 aliphatic heterocycles. The number of carbonyl (C=O) groups excluding carboxylic acids is 2. The summed E-state index contributed by atoms with van der Waals surface area (Å²) in [6, 6.07) is 23.7. The van der Waals surface area contributed by atoms with Crippen molar-refractivity contribution < 1.29 is 33.7 Å². The summed E-state index contributed by atoms with van der Waals surface area (Å²) in [5, 5.41) is 8.67. The highest BCUT2D eigenvalue weighted by molar-refractivity contribution is 5.90. The number of ether oxygens (including phenoxy) is 3. The standard InChI is InChI=1S/C20H20O2.C12H12O5/c21-20(22-15-16-7-3-1-4-8-16)19-13-11-18(12-14-19)17-9-5-2-6-10-17;1-2-11(13)17-8-7-16-10-5-3-9(4-6-10)12(14)15/h1-3,5-6,9-14,16H,4,7-8,15H2;2-6H,1,7-8H2,(H,14,15). The number of aromatic carboxylic acids is 1. The second kappa shape index (κ2) is 15.6. The van der Waals surface area contributed by atoms with Crippen LogP contribution in [0.3, 0.4) is 0 Å². The Hall–Kier alpha value is -4.65. The van der Waals surface area contributed by atoms with E-state index in [1.54, 1.807) is 12.1 Å². The number of hydrogen-bond acceptors (Lipinski definition) is 6. The van der Waals surface area contributed by atoms with Crippen LogP contribution in [0.1, 0.15) is 40.0 Å². The molecule has 4 rings (SSSR count). The van der Waals surface area contributed by atoms with Gasteiger partial charge in [0.15, 0.2) is 0 Å². The highest BCUT2D eigenvalue weighted by Gasteiger charge is 2.14. The van der Waals surface area contributed by atoms with Crippen LogP contribution in [0.5, 0.6) is 5.75 Å². The SMILES string of the molecule is C=CC(=O)OCCOc1ccc(C(=O)O)cc1.O=C(OCC1CC=CCC1)c1ccc(-c2ccccc2)cc1. The summed E-state index contributed by atoms with van der Waals surface area (Å²) in [7, 11) is 0. The van der Waals surface area contributed by atoms with Crippen molar-refractivity contribution in [2.24, 2.45) is 5.92 Å². The first-order chi connectivity index (χ1) is 19.0. The Morgan fingerprint density at radius 1 is 0.821 bits per heavy atom. The molecule has 0 heterocycles. The van der Waals surface area contributed by atoms with Crippen LogP contribution in [0.15, 0.2) is 104 Å². The van der Waals surface area contributed by atoms with Gasteiger partial charge >= 0.3 is 17.9 Å². The summed E-state index contributed by atoms with van der Waals surface area (Å²) < 4.78 is 15.4. The van der Waals surface area contributed by atoms with E-state index in [9.17, 15) is 14.4 Å². The Labute approximate surface area is 228 Å². The lowest BCUT2D eigenvalue weighted by Gasteiger charge is -2.17. The van der Waals surface area contributed by atoms with E-state index in [0.717, 1.165) is 36.5 Å². The molecule has 1 atom stereocenters. The van der Waals surface area contributed by atoms with E-state index in [1.807, 2.05) is 42.5 Å². The molecule has 0 fully saturated rings. The molecule has 1 N–H and O–H groups in total. The second-order valence-corrected chi connectivity index (χ2v) is 8.74. The van der Waals surface area contributed by atoms with Gasteiger partial charge in [0.1, 0.15) is 19.0 Å². The number of benzene rings is 3. The molecule has 1 unspecified atom stereocenters. The molecular weight excluding hydrogens is 496 g/mol. The van der Waals surface area contributed by atoms with Crippen LogP contribution in [-0.2, 0) is 14.3 Å². The number of hydrogen-bond donors (Lipinski definition) is 1. The minimum absolute atomic E-state index is 0.117. The number of carboxylic acids is 1. The first kappa shape index (κ1) is 28.9. The summed E-state index contributed by atoms with van der Waals surface area (Å²) in [6.07, 6.45) is 8.66. The van der Waals surface area contributed by atoms with Crippen LogP contribution in [0, 0.1) is 5.92 Å². The Bertz CT molecular complexity index is 1250. The maximum absolute atomic E-state index is 12.1. The van der Waals surface area contributed by atoms with Gasteiger partial charge in [-0.15, -0.1) is 0 Å². The third-order valence-corrected chi connectivity index (χ3v) is 5.92. The maximum Gasteiger partial charge on any atom is 0.338 e. The summed E-state index contributed by atoms with van der Waals surface area (Å²) in [5.41, 5.74) is 3.06. The van der Waals surface area contributed by atoms with Crippen LogP contribution in [-0.4, -0.2) is 42.8 Å². The summed E-state index contributed by atoms with van der Waals surface area (Å²) in [6.45, 7) is 4.09. The fraction of sp³-hybridized carbons (Fsp3) is 0.219. The zero-order valence-electron chi connectivity index (χ0n) is 21.7. The highest BCUT2D eigenvalue weighted by Crippen LogP contribution is 2.21. The molecule has 1 aliphatic carbocycles. The van der Waals surface area contributed by atoms with Gasteiger partial charge in [0.2, 0.25) is 0 Å². The van der Waals surface area contributed by atoms with Crippen LogP contribution in [0.25, 0.3) is 11.1 Å². The van der Waals surface area contributed by atoms with Crippen LogP contribution < -0.4 is 4.74 Å². The lowest BCUT2D eigenvalue weighted by atomic mass is 9.95. The van der Waals surface area contributed by atoms with Crippen LogP contribution in [0.4, 0.5) is 0 Å². The molecule has 7 heteroatoms. The van der Waals surface area contributed by atoms with E-state index < -0.39 is 11.9 Å². The predicted molar refractivity (Wildman–Crippen MR) is 149 cm³/mol. The molecule has 0 amide bonds. The van der Waals surface area contributed by atoms with Gasteiger partial charge in [-0.05, 0) is 72.7 Å². The third-order valence-electron chi connectivity index (χ3n) is 5.92. The smallest absolute Gasteiger partial charge is 0.338 e. The fourth-order valence-electron chi connectivity index (χ4n) is 3.77. The number of rotatable bonds is 10. The van der Waals surface area contributed by atoms with Crippen molar-refractivity contribution in [2.75, 3.05) is 19.8 Å². The molecule has 202 valence electrons. The van der Waals surface area contributed by atoms with Crippen LogP contribution >= 0.6 is 0 Å². The largest absolute Gasteiger partial charge is 0.490 e. The molecule has 0 saturated heterocycles.